The van der Waals surface area contributed by atoms with Crippen molar-refractivity contribution in [3.8, 4) is 0 Å². The van der Waals surface area contributed by atoms with Crippen molar-refractivity contribution in [1.29, 1.82) is 0 Å². The molecule has 4 nitrogen and oxygen atoms in total. The normalized spacial score (nSPS) is 18.0. The summed E-state index contributed by atoms with van der Waals surface area (Å²) in [5, 5.41) is 2.87. The molecule has 1 aromatic rings. The molecule has 1 heterocycles. The molecular weight excluding hydrogens is 238 g/mol. The lowest BCUT2D eigenvalue weighted by atomic mass is 9.71. The second kappa shape index (κ2) is 6.15. The number of rotatable bonds is 4. The molecule has 0 atom stereocenters. The van der Waals surface area contributed by atoms with E-state index in [9.17, 15) is 4.79 Å². The molecule has 0 spiro atoms. The molecule has 1 fully saturated rings. The van der Waals surface area contributed by atoms with Crippen LogP contribution in [0.4, 0.5) is 5.82 Å². The van der Waals surface area contributed by atoms with Gasteiger partial charge < -0.3 is 11.1 Å². The number of nitrogens with two attached hydrogens (primary N) is 1. The summed E-state index contributed by atoms with van der Waals surface area (Å²) < 4.78 is 0. The van der Waals surface area contributed by atoms with Crippen molar-refractivity contribution in [2.24, 2.45) is 11.1 Å². The van der Waals surface area contributed by atoms with Gasteiger partial charge in [-0.05, 0) is 43.4 Å². The van der Waals surface area contributed by atoms with Crippen molar-refractivity contribution in [2.75, 3.05) is 11.9 Å². The first kappa shape index (κ1) is 14.0. The number of carbonyl (C=O) groups excluding carboxylic acids is 1. The van der Waals surface area contributed by atoms with Gasteiger partial charge in [0.25, 0.3) is 0 Å². The molecule has 0 aromatic carbocycles. The van der Waals surface area contributed by atoms with Gasteiger partial charge in [0, 0.05) is 12.6 Å². The van der Waals surface area contributed by atoms with Gasteiger partial charge in [-0.15, -0.1) is 0 Å². The van der Waals surface area contributed by atoms with Crippen LogP contribution in [0.2, 0.25) is 0 Å². The van der Waals surface area contributed by atoms with Crippen LogP contribution in [-0.2, 0) is 4.79 Å². The Morgan fingerprint density at radius 1 is 1.37 bits per heavy atom. The van der Waals surface area contributed by atoms with Crippen LogP contribution in [0.25, 0.3) is 0 Å². The molecule has 1 saturated carbocycles. The lowest BCUT2D eigenvalue weighted by Gasteiger charge is -2.35. The van der Waals surface area contributed by atoms with Crippen LogP contribution < -0.4 is 11.1 Å². The first-order valence-corrected chi connectivity index (χ1v) is 7.06. The van der Waals surface area contributed by atoms with Gasteiger partial charge in [0.2, 0.25) is 5.91 Å². The summed E-state index contributed by atoms with van der Waals surface area (Å²) in [6.45, 7) is 2.58. The quantitative estimate of drug-likeness (QED) is 0.875. The number of nitrogens with zero attached hydrogens (tertiary/aromatic N) is 1. The number of anilines is 1. The lowest BCUT2D eigenvalue weighted by molar-refractivity contribution is -0.118. The highest BCUT2D eigenvalue weighted by atomic mass is 16.1. The van der Waals surface area contributed by atoms with Gasteiger partial charge in [-0.25, -0.2) is 4.98 Å². The molecule has 0 aliphatic heterocycles. The molecule has 1 amide bonds. The van der Waals surface area contributed by atoms with E-state index in [1.165, 1.54) is 19.3 Å². The highest BCUT2D eigenvalue weighted by molar-refractivity contribution is 5.90. The Hall–Kier alpha value is -1.42. The molecule has 2 rings (SSSR count). The van der Waals surface area contributed by atoms with Crippen LogP contribution in [0.1, 0.15) is 44.1 Å². The Morgan fingerprint density at radius 2 is 2.11 bits per heavy atom. The number of aryl methyl sites for hydroxylation is 1. The number of hydrogen-bond acceptors (Lipinski definition) is 3. The number of pyridine rings is 1. The number of amides is 1. The van der Waals surface area contributed by atoms with Crippen LogP contribution >= 0.6 is 0 Å². The number of nitrogens with one attached hydrogen (secondary N) is 1. The third-order valence-corrected chi connectivity index (χ3v) is 4.06. The lowest BCUT2D eigenvalue weighted by Crippen LogP contribution is -2.36. The Morgan fingerprint density at radius 3 is 2.68 bits per heavy atom. The zero-order valence-corrected chi connectivity index (χ0v) is 11.6. The average Bonchev–Trinajstić information content (AvgIpc) is 2.42. The minimum absolute atomic E-state index is 0.00697. The molecule has 1 aliphatic carbocycles. The standard InChI is InChI=1S/C15H23N3O/c1-12-5-6-13(17-10-12)18-14(19)9-15(11-16)7-3-2-4-8-15/h5-6,10H,2-4,7-9,11,16H2,1H3,(H,17,18,19). The van der Waals surface area contributed by atoms with Crippen molar-refractivity contribution in [1.82, 2.24) is 4.98 Å². The maximum atomic E-state index is 12.1. The third kappa shape index (κ3) is 3.77. The van der Waals surface area contributed by atoms with E-state index in [1.54, 1.807) is 6.20 Å². The summed E-state index contributed by atoms with van der Waals surface area (Å²) in [5.74, 6) is 0.655. The van der Waals surface area contributed by atoms with E-state index in [0.717, 1.165) is 18.4 Å². The topological polar surface area (TPSA) is 68.0 Å². The van der Waals surface area contributed by atoms with Crippen molar-refractivity contribution >= 4 is 11.7 Å². The second-order valence-corrected chi connectivity index (χ2v) is 5.71. The third-order valence-electron chi connectivity index (χ3n) is 4.06. The van der Waals surface area contributed by atoms with Crippen LogP contribution in [0.5, 0.6) is 0 Å². The molecule has 0 saturated heterocycles. The predicted molar refractivity (Wildman–Crippen MR) is 76.8 cm³/mol. The van der Waals surface area contributed by atoms with Crippen LogP contribution in [-0.4, -0.2) is 17.4 Å². The highest BCUT2D eigenvalue weighted by Gasteiger charge is 2.32. The predicted octanol–water partition coefficient (Wildman–Crippen LogP) is 2.63. The minimum Gasteiger partial charge on any atom is -0.330 e. The minimum atomic E-state index is 0.00697. The summed E-state index contributed by atoms with van der Waals surface area (Å²) in [5.41, 5.74) is 7.00. The smallest absolute Gasteiger partial charge is 0.226 e. The summed E-state index contributed by atoms with van der Waals surface area (Å²) in [6, 6.07) is 3.78. The SMILES string of the molecule is Cc1ccc(NC(=O)CC2(CN)CCCCC2)nc1. The summed E-state index contributed by atoms with van der Waals surface area (Å²) in [6.07, 6.45) is 8.05. The Bertz CT molecular complexity index is 422. The van der Waals surface area contributed by atoms with Gasteiger partial charge in [-0.3, -0.25) is 4.79 Å². The van der Waals surface area contributed by atoms with E-state index >= 15 is 0 Å². The summed E-state index contributed by atoms with van der Waals surface area (Å²) in [7, 11) is 0. The van der Waals surface area contributed by atoms with Crippen LogP contribution in [0.15, 0.2) is 18.3 Å². The molecule has 1 aliphatic rings. The zero-order chi connectivity index (χ0) is 13.7. The van der Waals surface area contributed by atoms with Gasteiger partial charge in [0.15, 0.2) is 0 Å². The zero-order valence-electron chi connectivity index (χ0n) is 11.6. The van der Waals surface area contributed by atoms with E-state index in [2.05, 4.69) is 10.3 Å². The van der Waals surface area contributed by atoms with E-state index in [0.29, 0.717) is 18.8 Å². The van der Waals surface area contributed by atoms with E-state index < -0.39 is 0 Å². The van der Waals surface area contributed by atoms with E-state index in [1.807, 2.05) is 19.1 Å². The van der Waals surface area contributed by atoms with Gasteiger partial charge in [0.1, 0.15) is 5.82 Å². The molecule has 1 aromatic heterocycles. The van der Waals surface area contributed by atoms with Crippen LogP contribution in [0, 0.1) is 12.3 Å². The molecule has 4 heteroatoms. The first-order chi connectivity index (χ1) is 9.13. The maximum Gasteiger partial charge on any atom is 0.226 e. The Labute approximate surface area is 114 Å². The molecule has 3 N–H and O–H groups in total. The van der Waals surface area contributed by atoms with E-state index in [4.69, 9.17) is 5.73 Å². The van der Waals surface area contributed by atoms with Gasteiger partial charge in [-0.2, -0.15) is 0 Å². The number of hydrogen-bond donors (Lipinski definition) is 2. The fraction of sp³-hybridized carbons (Fsp3) is 0.600. The maximum absolute atomic E-state index is 12.1. The number of carbonyl (C=O) groups is 1. The highest BCUT2D eigenvalue weighted by Crippen LogP contribution is 2.38. The van der Waals surface area contributed by atoms with Gasteiger partial charge in [-0.1, -0.05) is 25.3 Å². The fourth-order valence-electron chi connectivity index (χ4n) is 2.82. The van der Waals surface area contributed by atoms with Crippen molar-refractivity contribution < 1.29 is 4.79 Å². The first-order valence-electron chi connectivity index (χ1n) is 7.06. The molecule has 0 bridgehead atoms. The Balaban J connectivity index is 1.94. The monoisotopic (exact) mass is 261 g/mol. The summed E-state index contributed by atoms with van der Waals surface area (Å²) >= 11 is 0. The van der Waals surface area contributed by atoms with Crippen molar-refractivity contribution in [3.05, 3.63) is 23.9 Å². The van der Waals surface area contributed by atoms with E-state index in [-0.39, 0.29) is 11.3 Å². The van der Waals surface area contributed by atoms with Gasteiger partial charge >= 0.3 is 0 Å². The fourth-order valence-corrected chi connectivity index (χ4v) is 2.82. The summed E-state index contributed by atoms with van der Waals surface area (Å²) in [4.78, 5) is 16.3. The molecule has 19 heavy (non-hydrogen) atoms. The molecule has 104 valence electrons. The average molecular weight is 261 g/mol. The van der Waals surface area contributed by atoms with Crippen molar-refractivity contribution in [2.45, 2.75) is 45.4 Å². The van der Waals surface area contributed by atoms with Crippen LogP contribution in [0.3, 0.4) is 0 Å². The molecule has 0 unspecified atom stereocenters. The van der Waals surface area contributed by atoms with Crippen molar-refractivity contribution in [3.63, 3.8) is 0 Å². The Kier molecular flexibility index (Phi) is 4.53. The second-order valence-electron chi connectivity index (χ2n) is 5.71. The molecular formula is C15H23N3O. The molecule has 0 radical (unpaired) electrons. The number of aromatic nitrogens is 1. The van der Waals surface area contributed by atoms with Gasteiger partial charge in [0.05, 0.1) is 0 Å². The largest absolute Gasteiger partial charge is 0.330 e.